The predicted octanol–water partition coefficient (Wildman–Crippen LogP) is 4.91. The summed E-state index contributed by atoms with van der Waals surface area (Å²) < 4.78 is 5.34. The number of para-hydroxylation sites is 1. The summed E-state index contributed by atoms with van der Waals surface area (Å²) in [4.78, 5) is 13.7. The maximum absolute atomic E-state index is 12.6. The fourth-order valence-corrected chi connectivity index (χ4v) is 3.73. The topological polar surface area (TPSA) is 50.4 Å². The highest BCUT2D eigenvalue weighted by Crippen LogP contribution is 2.26. The minimum absolute atomic E-state index is 0.173. The molecule has 140 valence electrons. The fraction of sp³-hybridized carbons (Fsp3) is 0.227. The first-order valence-electron chi connectivity index (χ1n) is 8.99. The van der Waals surface area contributed by atoms with Crippen molar-refractivity contribution in [3.8, 4) is 5.75 Å². The number of ether oxygens (including phenoxy) is 1. The zero-order chi connectivity index (χ0) is 19.1. The Morgan fingerprint density at radius 3 is 2.52 bits per heavy atom. The van der Waals surface area contributed by atoms with E-state index in [4.69, 9.17) is 4.74 Å². The third-order valence-corrected chi connectivity index (χ3v) is 5.39. The van der Waals surface area contributed by atoms with Crippen LogP contribution in [-0.2, 0) is 13.0 Å². The number of benzene rings is 2. The van der Waals surface area contributed by atoms with E-state index in [9.17, 15) is 4.79 Å². The van der Waals surface area contributed by atoms with Gasteiger partial charge in [-0.15, -0.1) is 11.3 Å². The highest BCUT2D eigenvalue weighted by atomic mass is 32.1. The van der Waals surface area contributed by atoms with Crippen LogP contribution < -0.4 is 15.4 Å². The van der Waals surface area contributed by atoms with Gasteiger partial charge in [-0.1, -0.05) is 55.5 Å². The molecule has 0 aliphatic heterocycles. The van der Waals surface area contributed by atoms with Gasteiger partial charge in [0.1, 0.15) is 5.75 Å². The maximum Gasteiger partial charge on any atom is 0.315 e. The molecule has 3 rings (SSSR count). The van der Waals surface area contributed by atoms with Gasteiger partial charge >= 0.3 is 6.03 Å². The van der Waals surface area contributed by atoms with E-state index in [2.05, 4.69) is 41.8 Å². The molecule has 5 heteroatoms. The lowest BCUT2D eigenvalue weighted by Crippen LogP contribution is -2.37. The minimum Gasteiger partial charge on any atom is -0.496 e. The number of carbonyl (C=O) groups excluding carboxylic acids is 1. The van der Waals surface area contributed by atoms with Gasteiger partial charge in [-0.3, -0.25) is 0 Å². The van der Waals surface area contributed by atoms with E-state index in [0.29, 0.717) is 6.54 Å². The van der Waals surface area contributed by atoms with Crippen molar-refractivity contribution in [2.75, 3.05) is 7.11 Å². The summed E-state index contributed by atoms with van der Waals surface area (Å²) in [6.07, 6.45) is 0.997. The van der Waals surface area contributed by atoms with Crippen molar-refractivity contribution >= 4 is 17.4 Å². The lowest BCUT2D eigenvalue weighted by atomic mass is 10.0. The van der Waals surface area contributed by atoms with Crippen LogP contribution in [-0.4, -0.2) is 13.1 Å². The Morgan fingerprint density at radius 2 is 1.85 bits per heavy atom. The van der Waals surface area contributed by atoms with Crippen LogP contribution in [0.5, 0.6) is 5.75 Å². The molecule has 1 unspecified atom stereocenters. The Kier molecular flexibility index (Phi) is 6.49. The Hall–Kier alpha value is -2.79. The SMILES string of the molecule is CCc1ccc(C(NC(=O)NCc2ccccc2OC)c2cccs2)cc1. The molecule has 2 N–H and O–H groups in total. The Labute approximate surface area is 164 Å². The molecular weight excluding hydrogens is 356 g/mol. The van der Waals surface area contributed by atoms with Crippen LogP contribution in [0.3, 0.4) is 0 Å². The third-order valence-electron chi connectivity index (χ3n) is 4.46. The molecular formula is C22H24N2O2S. The normalized spacial score (nSPS) is 11.6. The average molecular weight is 381 g/mol. The monoisotopic (exact) mass is 380 g/mol. The van der Waals surface area contributed by atoms with E-state index in [0.717, 1.165) is 28.2 Å². The van der Waals surface area contributed by atoms with E-state index in [-0.39, 0.29) is 12.1 Å². The largest absolute Gasteiger partial charge is 0.496 e. The van der Waals surface area contributed by atoms with Crippen LogP contribution in [0.2, 0.25) is 0 Å². The number of urea groups is 1. The van der Waals surface area contributed by atoms with Gasteiger partial charge in [0.15, 0.2) is 0 Å². The quantitative estimate of drug-likeness (QED) is 0.612. The summed E-state index contributed by atoms with van der Waals surface area (Å²) in [5, 5.41) is 8.06. The van der Waals surface area contributed by atoms with Gasteiger partial charge in [0.2, 0.25) is 0 Å². The molecule has 1 atom stereocenters. The average Bonchev–Trinajstić information content (AvgIpc) is 3.25. The van der Waals surface area contributed by atoms with Gasteiger partial charge in [0, 0.05) is 17.0 Å². The van der Waals surface area contributed by atoms with Crippen LogP contribution in [0.1, 0.15) is 34.5 Å². The number of carbonyl (C=O) groups is 1. The van der Waals surface area contributed by atoms with Crippen LogP contribution in [0.15, 0.2) is 66.0 Å². The van der Waals surface area contributed by atoms with Gasteiger partial charge in [0.25, 0.3) is 0 Å². The van der Waals surface area contributed by atoms with Crippen molar-refractivity contribution in [3.63, 3.8) is 0 Å². The summed E-state index contributed by atoms with van der Waals surface area (Å²) in [5.74, 6) is 0.766. The molecule has 1 aromatic heterocycles. The third kappa shape index (κ3) is 4.89. The number of hydrogen-bond acceptors (Lipinski definition) is 3. The first-order chi connectivity index (χ1) is 13.2. The number of nitrogens with one attached hydrogen (secondary N) is 2. The first kappa shape index (κ1) is 19.0. The standard InChI is InChI=1S/C22H24N2O2S/c1-3-16-10-12-17(13-11-16)21(20-9-6-14-27-20)24-22(25)23-15-18-7-4-5-8-19(18)26-2/h4-14,21H,3,15H2,1-2H3,(H2,23,24,25). The van der Waals surface area contributed by atoms with E-state index >= 15 is 0 Å². The number of amides is 2. The van der Waals surface area contributed by atoms with E-state index in [1.54, 1.807) is 18.4 Å². The molecule has 0 saturated heterocycles. The predicted molar refractivity (Wildman–Crippen MR) is 110 cm³/mol. The molecule has 0 radical (unpaired) electrons. The molecule has 0 saturated carbocycles. The summed E-state index contributed by atoms with van der Waals surface area (Å²) in [6.45, 7) is 2.54. The lowest BCUT2D eigenvalue weighted by molar-refractivity contribution is 0.238. The molecule has 0 fully saturated rings. The van der Waals surface area contributed by atoms with E-state index in [1.807, 2.05) is 41.8 Å². The van der Waals surface area contributed by atoms with E-state index < -0.39 is 0 Å². The van der Waals surface area contributed by atoms with Gasteiger partial charge in [0.05, 0.1) is 13.2 Å². The van der Waals surface area contributed by atoms with Gasteiger partial charge < -0.3 is 15.4 Å². The van der Waals surface area contributed by atoms with E-state index in [1.165, 1.54) is 5.56 Å². The van der Waals surface area contributed by atoms with Crippen molar-refractivity contribution in [2.45, 2.75) is 25.9 Å². The van der Waals surface area contributed by atoms with Crippen LogP contribution in [0.4, 0.5) is 4.79 Å². The molecule has 27 heavy (non-hydrogen) atoms. The smallest absolute Gasteiger partial charge is 0.315 e. The molecule has 0 aliphatic carbocycles. The van der Waals surface area contributed by atoms with Gasteiger partial charge in [-0.2, -0.15) is 0 Å². The number of rotatable bonds is 7. The molecule has 0 aliphatic rings. The summed E-state index contributed by atoms with van der Waals surface area (Å²) in [5.41, 5.74) is 3.29. The Balaban J connectivity index is 1.71. The molecule has 4 nitrogen and oxygen atoms in total. The van der Waals surface area contributed by atoms with Crippen molar-refractivity contribution < 1.29 is 9.53 Å². The number of thiophene rings is 1. The molecule has 0 spiro atoms. The highest BCUT2D eigenvalue weighted by Gasteiger charge is 2.18. The minimum atomic E-state index is -0.209. The summed E-state index contributed by atoms with van der Waals surface area (Å²) in [7, 11) is 1.63. The van der Waals surface area contributed by atoms with Crippen molar-refractivity contribution in [3.05, 3.63) is 87.6 Å². The number of aryl methyl sites for hydroxylation is 1. The van der Waals surface area contributed by atoms with Gasteiger partial charge in [-0.05, 0) is 35.1 Å². The van der Waals surface area contributed by atoms with Crippen LogP contribution >= 0.6 is 11.3 Å². The molecule has 3 aromatic rings. The number of hydrogen-bond donors (Lipinski definition) is 2. The second kappa shape index (κ2) is 9.24. The van der Waals surface area contributed by atoms with Crippen LogP contribution in [0.25, 0.3) is 0 Å². The molecule has 2 amide bonds. The van der Waals surface area contributed by atoms with Crippen molar-refractivity contribution in [1.29, 1.82) is 0 Å². The van der Waals surface area contributed by atoms with Crippen LogP contribution in [0, 0.1) is 0 Å². The second-order valence-electron chi connectivity index (χ2n) is 6.18. The van der Waals surface area contributed by atoms with Crippen molar-refractivity contribution in [2.24, 2.45) is 0 Å². The lowest BCUT2D eigenvalue weighted by Gasteiger charge is -2.19. The number of methoxy groups -OCH3 is 1. The molecule has 1 heterocycles. The summed E-state index contributed by atoms with van der Waals surface area (Å²) >= 11 is 1.64. The molecule has 0 bridgehead atoms. The second-order valence-corrected chi connectivity index (χ2v) is 7.16. The molecule has 2 aromatic carbocycles. The first-order valence-corrected chi connectivity index (χ1v) is 9.87. The van der Waals surface area contributed by atoms with Gasteiger partial charge in [-0.25, -0.2) is 4.79 Å². The van der Waals surface area contributed by atoms with Crippen molar-refractivity contribution in [1.82, 2.24) is 10.6 Å². The summed E-state index contributed by atoms with van der Waals surface area (Å²) in [6, 6.07) is 19.7. The highest BCUT2D eigenvalue weighted by molar-refractivity contribution is 7.10. The fourth-order valence-electron chi connectivity index (χ4n) is 2.93. The Bertz CT molecular complexity index is 860. The zero-order valence-corrected chi connectivity index (χ0v) is 16.4. The maximum atomic E-state index is 12.6. The Morgan fingerprint density at radius 1 is 1.07 bits per heavy atom. The zero-order valence-electron chi connectivity index (χ0n) is 15.6.